The van der Waals surface area contributed by atoms with Crippen molar-refractivity contribution in [3.05, 3.63) is 97.2 Å². The number of H-pyrrole nitrogens is 1. The molecule has 0 unspecified atom stereocenters. The van der Waals surface area contributed by atoms with Crippen LogP contribution in [0.3, 0.4) is 0 Å². The number of esters is 1. The van der Waals surface area contributed by atoms with Crippen molar-refractivity contribution in [2.45, 2.75) is 45.6 Å². The van der Waals surface area contributed by atoms with E-state index in [1.54, 1.807) is 32.9 Å². The Morgan fingerprint density at radius 3 is 2.40 bits per heavy atom. The average molecular weight is 594 g/mol. The zero-order chi connectivity index (χ0) is 28.8. The van der Waals surface area contributed by atoms with Gasteiger partial charge < -0.3 is 9.72 Å². The van der Waals surface area contributed by atoms with Crippen LogP contribution in [0.4, 0.5) is 5.69 Å². The number of fused-ring (bicyclic) bond motifs is 1. The first-order chi connectivity index (χ1) is 19.0. The van der Waals surface area contributed by atoms with Gasteiger partial charge in [-0.3, -0.25) is 9.52 Å². The van der Waals surface area contributed by atoms with Gasteiger partial charge in [0.05, 0.1) is 21.5 Å². The number of nitrogens with one attached hydrogen (secondary N) is 2. The van der Waals surface area contributed by atoms with Gasteiger partial charge in [-0.25, -0.2) is 18.2 Å². The highest BCUT2D eigenvalue weighted by atomic mass is 32.2. The molecule has 0 aliphatic carbocycles. The Balaban J connectivity index is 1.42. The predicted octanol–water partition coefficient (Wildman–Crippen LogP) is 6.67. The van der Waals surface area contributed by atoms with Crippen LogP contribution in [0.25, 0.3) is 20.7 Å². The Labute approximate surface area is 239 Å². The van der Waals surface area contributed by atoms with Crippen LogP contribution in [0.2, 0.25) is 0 Å². The van der Waals surface area contributed by atoms with E-state index in [2.05, 4.69) is 14.7 Å². The summed E-state index contributed by atoms with van der Waals surface area (Å²) in [7, 11) is -4.02. The Morgan fingerprint density at radius 1 is 1.02 bits per heavy atom. The number of aromatic amines is 1. The van der Waals surface area contributed by atoms with Crippen LogP contribution in [0, 0.1) is 27.7 Å². The molecule has 0 fully saturated rings. The van der Waals surface area contributed by atoms with E-state index >= 15 is 0 Å². The number of hydrogen-bond acceptors (Lipinski definition) is 8. The summed E-state index contributed by atoms with van der Waals surface area (Å²) in [6.45, 7) is 8.86. The number of benzene rings is 2. The van der Waals surface area contributed by atoms with E-state index in [1.807, 2.05) is 42.8 Å². The van der Waals surface area contributed by atoms with Crippen LogP contribution in [-0.4, -0.2) is 24.4 Å². The highest BCUT2D eigenvalue weighted by Crippen LogP contribution is 2.34. The van der Waals surface area contributed by atoms with Gasteiger partial charge in [0.1, 0.15) is 4.83 Å². The third-order valence-corrected chi connectivity index (χ3v) is 10.3. The normalized spacial score (nSPS) is 12.4. The lowest BCUT2D eigenvalue weighted by atomic mass is 10.0. The Hall–Kier alpha value is -3.80. The van der Waals surface area contributed by atoms with Crippen molar-refractivity contribution >= 4 is 54.6 Å². The van der Waals surface area contributed by atoms with Crippen LogP contribution in [-0.2, 0) is 14.8 Å². The fraction of sp³-hybridized carbons (Fsp3) is 0.207. The number of nitrogens with zero attached hydrogens (tertiary/aromatic N) is 1. The quantitative estimate of drug-likeness (QED) is 0.204. The topological polar surface area (TPSA) is 118 Å². The number of sulfonamides is 1. The van der Waals surface area contributed by atoms with Gasteiger partial charge in [-0.1, -0.05) is 24.3 Å². The molecule has 1 atom stereocenters. The Morgan fingerprint density at radius 2 is 1.73 bits per heavy atom. The molecule has 0 saturated carbocycles. The van der Waals surface area contributed by atoms with Crippen LogP contribution < -0.4 is 10.3 Å². The molecule has 0 aliphatic rings. The molecule has 206 valence electrons. The monoisotopic (exact) mass is 593 g/mol. The molecule has 3 heterocycles. The number of carbonyl (C=O) groups is 1. The van der Waals surface area contributed by atoms with E-state index in [4.69, 9.17) is 4.74 Å². The Bertz CT molecular complexity index is 1900. The number of hydrogen-bond donors (Lipinski definition) is 2. The predicted molar refractivity (Wildman–Crippen MR) is 160 cm³/mol. The summed E-state index contributed by atoms with van der Waals surface area (Å²) in [4.78, 5) is 35.2. The number of ether oxygens (including phenoxy) is 1. The molecule has 0 radical (unpaired) electrons. The summed E-state index contributed by atoms with van der Waals surface area (Å²) in [5.41, 5.74) is 3.63. The summed E-state index contributed by atoms with van der Waals surface area (Å²) in [5, 5.41) is 4.32. The maximum Gasteiger partial charge on any atom is 0.340 e. The summed E-state index contributed by atoms with van der Waals surface area (Å²) < 4.78 is 35.2. The molecule has 8 nitrogen and oxygen atoms in total. The van der Waals surface area contributed by atoms with Crippen molar-refractivity contribution in [2.24, 2.45) is 0 Å². The molecule has 0 spiro atoms. The molecule has 3 aromatic heterocycles. The molecule has 40 heavy (non-hydrogen) atoms. The van der Waals surface area contributed by atoms with Gasteiger partial charge in [-0.2, -0.15) is 0 Å². The molecular formula is C29H27N3O5S3. The highest BCUT2D eigenvalue weighted by molar-refractivity contribution is 7.92. The summed E-state index contributed by atoms with van der Waals surface area (Å²) in [5.74, 6) is -0.558. The molecule has 5 rings (SSSR count). The van der Waals surface area contributed by atoms with Crippen LogP contribution in [0.1, 0.15) is 51.5 Å². The molecule has 2 aromatic carbocycles. The average Bonchev–Trinajstić information content (AvgIpc) is 3.58. The lowest BCUT2D eigenvalue weighted by Crippen LogP contribution is -2.20. The maximum absolute atomic E-state index is 13.5. The van der Waals surface area contributed by atoms with E-state index in [1.165, 1.54) is 34.8 Å². The van der Waals surface area contributed by atoms with E-state index in [9.17, 15) is 18.0 Å². The molecule has 0 saturated heterocycles. The zero-order valence-corrected chi connectivity index (χ0v) is 24.9. The van der Waals surface area contributed by atoms with E-state index in [0.29, 0.717) is 21.3 Å². The maximum atomic E-state index is 13.5. The first kappa shape index (κ1) is 27.8. The number of thiophene rings is 2. The first-order valence-corrected chi connectivity index (χ1v) is 15.7. The molecule has 11 heteroatoms. The van der Waals surface area contributed by atoms with Gasteiger partial charge in [-0.05, 0) is 80.5 Å². The standard InChI is InChI=1S/C29H27N3O5S3/c1-15-13-16(2)18(4)25(17(15)3)40(35,36)32-22-10-7-6-9-20(22)29(34)37-19(5)26-30-27(33)24-21(14-39-28(24)31-26)23-11-8-12-38-23/h6-14,19,32H,1-5H3,(H,30,31,33)/t19-/m0/s1. The van der Waals surface area contributed by atoms with Crippen LogP contribution in [0.5, 0.6) is 0 Å². The van der Waals surface area contributed by atoms with Crippen LogP contribution >= 0.6 is 22.7 Å². The molecule has 0 bridgehead atoms. The zero-order valence-electron chi connectivity index (χ0n) is 22.5. The molecule has 0 aliphatic heterocycles. The van der Waals surface area contributed by atoms with Gasteiger partial charge in [0, 0.05) is 15.8 Å². The number of rotatable bonds is 7. The van der Waals surface area contributed by atoms with Crippen molar-refractivity contribution < 1.29 is 17.9 Å². The van der Waals surface area contributed by atoms with Gasteiger partial charge in [0.15, 0.2) is 11.9 Å². The minimum absolute atomic E-state index is 0.0390. The van der Waals surface area contributed by atoms with Crippen LogP contribution in [0.15, 0.2) is 62.9 Å². The van der Waals surface area contributed by atoms with Gasteiger partial charge in [0.25, 0.3) is 15.6 Å². The second-order valence-corrected chi connectivity index (χ2v) is 13.0. The fourth-order valence-electron chi connectivity index (χ4n) is 4.58. The summed E-state index contributed by atoms with van der Waals surface area (Å²) >= 11 is 2.88. The van der Waals surface area contributed by atoms with E-state index in [0.717, 1.165) is 21.6 Å². The minimum atomic E-state index is -4.02. The van der Waals surface area contributed by atoms with Gasteiger partial charge in [-0.15, -0.1) is 22.7 Å². The fourth-order valence-corrected chi connectivity index (χ4v) is 8.05. The highest BCUT2D eigenvalue weighted by Gasteiger charge is 2.26. The van der Waals surface area contributed by atoms with Crippen molar-refractivity contribution in [3.63, 3.8) is 0 Å². The van der Waals surface area contributed by atoms with Gasteiger partial charge >= 0.3 is 5.97 Å². The molecule has 5 aromatic rings. The third-order valence-electron chi connectivity index (χ3n) is 6.88. The Kier molecular flexibility index (Phi) is 7.38. The summed E-state index contributed by atoms with van der Waals surface area (Å²) in [6, 6.07) is 12.1. The minimum Gasteiger partial charge on any atom is -0.451 e. The van der Waals surface area contributed by atoms with Gasteiger partial charge in [0.2, 0.25) is 0 Å². The van der Waals surface area contributed by atoms with Crippen molar-refractivity contribution in [3.8, 4) is 10.4 Å². The molecule has 0 amide bonds. The van der Waals surface area contributed by atoms with Crippen molar-refractivity contribution in [1.29, 1.82) is 0 Å². The molecule has 2 N–H and O–H groups in total. The van der Waals surface area contributed by atoms with Crippen molar-refractivity contribution in [2.75, 3.05) is 4.72 Å². The van der Waals surface area contributed by atoms with Crippen molar-refractivity contribution in [1.82, 2.24) is 9.97 Å². The second-order valence-electron chi connectivity index (χ2n) is 9.55. The number of carbonyl (C=O) groups excluding carboxylic acids is 1. The number of anilines is 1. The molecular weight excluding hydrogens is 567 g/mol. The van der Waals surface area contributed by atoms with E-state index < -0.39 is 22.1 Å². The number of aryl methyl sites for hydroxylation is 2. The second kappa shape index (κ2) is 10.6. The number of aromatic nitrogens is 2. The first-order valence-electron chi connectivity index (χ1n) is 12.4. The summed E-state index contributed by atoms with van der Waals surface area (Å²) in [6.07, 6.45) is -0.898. The number of para-hydroxylation sites is 1. The lowest BCUT2D eigenvalue weighted by Gasteiger charge is -2.18. The third kappa shape index (κ3) is 5.07. The van der Waals surface area contributed by atoms with E-state index in [-0.39, 0.29) is 27.5 Å². The smallest absolute Gasteiger partial charge is 0.340 e. The largest absolute Gasteiger partial charge is 0.451 e. The lowest BCUT2D eigenvalue weighted by molar-refractivity contribution is 0.0321. The SMILES string of the molecule is Cc1cc(C)c(C)c(S(=O)(=O)Nc2ccccc2C(=O)O[C@@H](C)c2nc3scc(-c4cccs4)c3c(=O)[nH]2)c1C.